The molecule has 0 saturated carbocycles. The summed E-state index contributed by atoms with van der Waals surface area (Å²) in [6.45, 7) is 2.11. The molecule has 0 radical (unpaired) electrons. The predicted octanol–water partition coefficient (Wildman–Crippen LogP) is 3.07. The van der Waals surface area contributed by atoms with Gasteiger partial charge in [-0.3, -0.25) is 0 Å². The first-order valence-electron chi connectivity index (χ1n) is 6.50. The summed E-state index contributed by atoms with van der Waals surface area (Å²) in [4.78, 5) is 0. The lowest BCUT2D eigenvalue weighted by atomic mass is 9.90. The molecule has 92 valence electrons. The first-order chi connectivity index (χ1) is 8.66. The molecule has 0 saturated heterocycles. The number of benzene rings is 2. The molecule has 3 rings (SSSR count). The Morgan fingerprint density at radius 1 is 0.944 bits per heavy atom. The van der Waals surface area contributed by atoms with E-state index < -0.39 is 5.60 Å². The lowest BCUT2D eigenvalue weighted by molar-refractivity contribution is 0.0516. The monoisotopic (exact) mass is 238 g/mol. The first kappa shape index (κ1) is 11.5. The van der Waals surface area contributed by atoms with Gasteiger partial charge in [-0.15, -0.1) is 0 Å². The quantitative estimate of drug-likeness (QED) is 0.852. The van der Waals surface area contributed by atoms with Gasteiger partial charge >= 0.3 is 0 Å². The smallest absolute Gasteiger partial charge is 0.0768 e. The molecule has 18 heavy (non-hydrogen) atoms. The van der Waals surface area contributed by atoms with Gasteiger partial charge in [0.25, 0.3) is 0 Å². The molecule has 0 spiro atoms. The molecule has 1 aliphatic carbocycles. The van der Waals surface area contributed by atoms with Crippen LogP contribution in [-0.2, 0) is 19.3 Å². The zero-order chi connectivity index (χ0) is 12.6. The average molecular weight is 238 g/mol. The van der Waals surface area contributed by atoms with Gasteiger partial charge in [-0.2, -0.15) is 0 Å². The van der Waals surface area contributed by atoms with Crippen LogP contribution in [0.4, 0.5) is 0 Å². The number of fused-ring (bicyclic) bond motifs is 1. The van der Waals surface area contributed by atoms with Crippen molar-refractivity contribution in [3.05, 3.63) is 70.8 Å². The minimum atomic E-state index is -0.601. The number of rotatable bonds is 2. The van der Waals surface area contributed by atoms with Gasteiger partial charge < -0.3 is 5.11 Å². The van der Waals surface area contributed by atoms with Crippen molar-refractivity contribution in [3.63, 3.8) is 0 Å². The van der Waals surface area contributed by atoms with E-state index in [-0.39, 0.29) is 0 Å². The highest BCUT2D eigenvalue weighted by Crippen LogP contribution is 2.33. The lowest BCUT2D eigenvalue weighted by Gasteiger charge is -2.23. The minimum absolute atomic E-state index is 0.601. The van der Waals surface area contributed by atoms with Crippen LogP contribution in [0.3, 0.4) is 0 Å². The Kier molecular flexibility index (Phi) is 2.71. The molecule has 2 aromatic carbocycles. The van der Waals surface area contributed by atoms with Crippen LogP contribution in [0.2, 0.25) is 0 Å². The summed E-state index contributed by atoms with van der Waals surface area (Å²) < 4.78 is 0. The molecular formula is C17H18O. The molecule has 0 aromatic heterocycles. The topological polar surface area (TPSA) is 20.2 Å². The Morgan fingerprint density at radius 3 is 2.11 bits per heavy atom. The fraction of sp³-hybridized carbons (Fsp3) is 0.294. The summed E-state index contributed by atoms with van der Waals surface area (Å²) >= 11 is 0. The van der Waals surface area contributed by atoms with Crippen LogP contribution in [0.1, 0.15) is 22.3 Å². The Hall–Kier alpha value is -1.60. The minimum Gasteiger partial charge on any atom is -0.389 e. The first-order valence-corrected chi connectivity index (χ1v) is 6.50. The molecule has 0 aliphatic heterocycles. The third kappa shape index (κ3) is 2.06. The van der Waals surface area contributed by atoms with E-state index in [9.17, 15) is 5.11 Å². The standard InChI is InChI=1S/C17H18O/c1-13-6-2-3-7-14(13)10-17(18)11-15-8-4-5-9-16(15)12-17/h2-9,18H,10-12H2,1H3. The van der Waals surface area contributed by atoms with Crippen molar-refractivity contribution in [2.45, 2.75) is 31.8 Å². The van der Waals surface area contributed by atoms with Crippen molar-refractivity contribution < 1.29 is 5.11 Å². The summed E-state index contributed by atoms with van der Waals surface area (Å²) in [7, 11) is 0. The molecule has 0 fully saturated rings. The molecular weight excluding hydrogens is 220 g/mol. The molecule has 0 heterocycles. The zero-order valence-electron chi connectivity index (χ0n) is 10.7. The molecule has 1 heteroatoms. The highest BCUT2D eigenvalue weighted by molar-refractivity contribution is 5.37. The molecule has 2 aromatic rings. The van der Waals surface area contributed by atoms with Gasteiger partial charge in [0.15, 0.2) is 0 Å². The van der Waals surface area contributed by atoms with Gasteiger partial charge in [0.05, 0.1) is 5.60 Å². The van der Waals surface area contributed by atoms with Gasteiger partial charge in [-0.25, -0.2) is 0 Å². The largest absolute Gasteiger partial charge is 0.389 e. The molecule has 1 N–H and O–H groups in total. The van der Waals surface area contributed by atoms with E-state index in [1.54, 1.807) is 0 Å². The SMILES string of the molecule is Cc1ccccc1CC1(O)Cc2ccccc2C1. The maximum Gasteiger partial charge on any atom is 0.0768 e. The van der Waals surface area contributed by atoms with Gasteiger partial charge in [0.1, 0.15) is 0 Å². The number of hydrogen-bond donors (Lipinski definition) is 1. The number of hydrogen-bond acceptors (Lipinski definition) is 1. The van der Waals surface area contributed by atoms with Crippen molar-refractivity contribution in [3.8, 4) is 0 Å². The van der Waals surface area contributed by atoms with Crippen molar-refractivity contribution in [2.24, 2.45) is 0 Å². The fourth-order valence-corrected chi connectivity index (χ4v) is 2.96. The maximum absolute atomic E-state index is 10.8. The molecule has 0 bridgehead atoms. The van der Waals surface area contributed by atoms with Crippen molar-refractivity contribution in [1.29, 1.82) is 0 Å². The maximum atomic E-state index is 10.8. The van der Waals surface area contributed by atoms with Crippen LogP contribution in [0.15, 0.2) is 48.5 Å². The van der Waals surface area contributed by atoms with E-state index in [1.165, 1.54) is 22.3 Å². The Balaban J connectivity index is 1.85. The Morgan fingerprint density at radius 2 is 1.50 bits per heavy atom. The van der Waals surface area contributed by atoms with E-state index in [0.717, 1.165) is 19.3 Å². The molecule has 1 nitrogen and oxygen atoms in total. The van der Waals surface area contributed by atoms with Crippen molar-refractivity contribution in [1.82, 2.24) is 0 Å². The fourth-order valence-electron chi connectivity index (χ4n) is 2.96. The second kappa shape index (κ2) is 4.25. The second-order valence-electron chi connectivity index (χ2n) is 5.45. The lowest BCUT2D eigenvalue weighted by Crippen LogP contribution is -2.32. The van der Waals surface area contributed by atoms with E-state index in [2.05, 4.69) is 43.3 Å². The predicted molar refractivity (Wildman–Crippen MR) is 73.7 cm³/mol. The van der Waals surface area contributed by atoms with Crippen LogP contribution in [0, 0.1) is 6.92 Å². The van der Waals surface area contributed by atoms with Crippen LogP contribution >= 0.6 is 0 Å². The van der Waals surface area contributed by atoms with Crippen LogP contribution in [0.5, 0.6) is 0 Å². The second-order valence-corrected chi connectivity index (χ2v) is 5.45. The Bertz CT molecular complexity index is 546. The zero-order valence-corrected chi connectivity index (χ0v) is 10.7. The molecule has 0 atom stereocenters. The summed E-state index contributed by atoms with van der Waals surface area (Å²) in [5.74, 6) is 0. The van der Waals surface area contributed by atoms with Gasteiger partial charge in [-0.05, 0) is 29.2 Å². The summed E-state index contributed by atoms with van der Waals surface area (Å²) in [6, 6.07) is 16.7. The van der Waals surface area contributed by atoms with Gasteiger partial charge in [-0.1, -0.05) is 48.5 Å². The molecule has 0 unspecified atom stereocenters. The van der Waals surface area contributed by atoms with E-state index in [4.69, 9.17) is 0 Å². The third-order valence-electron chi connectivity index (χ3n) is 3.94. The highest BCUT2D eigenvalue weighted by Gasteiger charge is 2.35. The molecule has 0 amide bonds. The summed E-state index contributed by atoms with van der Waals surface area (Å²) in [5.41, 5.74) is 4.52. The van der Waals surface area contributed by atoms with E-state index in [0.29, 0.717) is 0 Å². The normalized spacial score (nSPS) is 16.6. The number of aryl methyl sites for hydroxylation is 1. The van der Waals surface area contributed by atoms with Gasteiger partial charge in [0.2, 0.25) is 0 Å². The van der Waals surface area contributed by atoms with Crippen LogP contribution in [-0.4, -0.2) is 10.7 Å². The number of aliphatic hydroxyl groups is 1. The van der Waals surface area contributed by atoms with Crippen molar-refractivity contribution >= 4 is 0 Å². The van der Waals surface area contributed by atoms with Crippen molar-refractivity contribution in [2.75, 3.05) is 0 Å². The average Bonchev–Trinajstić information content (AvgIpc) is 2.68. The van der Waals surface area contributed by atoms with E-state index >= 15 is 0 Å². The summed E-state index contributed by atoms with van der Waals surface area (Å²) in [5, 5.41) is 10.8. The van der Waals surface area contributed by atoms with Gasteiger partial charge in [0, 0.05) is 19.3 Å². The molecule has 1 aliphatic rings. The third-order valence-corrected chi connectivity index (χ3v) is 3.94. The van der Waals surface area contributed by atoms with Crippen LogP contribution in [0.25, 0.3) is 0 Å². The highest BCUT2D eigenvalue weighted by atomic mass is 16.3. The van der Waals surface area contributed by atoms with Crippen LogP contribution < -0.4 is 0 Å². The Labute approximate surface area is 108 Å². The summed E-state index contributed by atoms with van der Waals surface area (Å²) in [6.07, 6.45) is 2.30. The van der Waals surface area contributed by atoms with E-state index in [1.807, 2.05) is 12.1 Å².